The fraction of sp³-hybridized carbons (Fsp3) is 0.200. The molecule has 1 N–H and O–H groups in total. The number of carbonyl (C=O) groups excluding carboxylic acids is 1. The predicted octanol–water partition coefficient (Wildman–Crippen LogP) is 2.41. The van der Waals surface area contributed by atoms with Crippen molar-refractivity contribution in [2.24, 2.45) is 0 Å². The highest BCUT2D eigenvalue weighted by atomic mass is 16.7. The zero-order chi connectivity index (χ0) is 19.7. The van der Waals surface area contributed by atoms with Gasteiger partial charge in [0.05, 0.1) is 5.69 Å². The van der Waals surface area contributed by atoms with E-state index in [1.807, 2.05) is 6.07 Å². The van der Waals surface area contributed by atoms with Crippen LogP contribution < -0.4 is 20.3 Å². The molecule has 8 heteroatoms. The molecule has 0 atom stereocenters. The molecule has 2 aromatic heterocycles. The number of hydrogen-bond donors (Lipinski definition) is 1. The lowest BCUT2D eigenvalue weighted by atomic mass is 10.0. The number of carbonyl (C=O) groups is 1. The summed E-state index contributed by atoms with van der Waals surface area (Å²) < 4.78 is 11.9. The summed E-state index contributed by atoms with van der Waals surface area (Å²) in [6.45, 7) is 3.43. The highest BCUT2D eigenvalue weighted by Crippen LogP contribution is 2.35. The Morgan fingerprint density at radius 2 is 1.93 bits per heavy atom. The second-order valence-electron chi connectivity index (χ2n) is 6.76. The van der Waals surface area contributed by atoms with Gasteiger partial charge in [-0.25, -0.2) is 9.67 Å². The number of aromatic nitrogens is 3. The number of rotatable bonds is 4. The first-order valence-electron chi connectivity index (χ1n) is 8.68. The SMILES string of the molecule is CC(C)(C(=O)Nc1ccccn1)n1nc(-c2ccc3c(c2)OCO3)ccc1=O. The van der Waals surface area contributed by atoms with E-state index in [1.165, 1.54) is 10.7 Å². The number of amides is 1. The second kappa shape index (κ2) is 6.80. The van der Waals surface area contributed by atoms with E-state index in [0.29, 0.717) is 23.0 Å². The lowest BCUT2D eigenvalue weighted by Crippen LogP contribution is -2.47. The van der Waals surface area contributed by atoms with Gasteiger partial charge in [-0.3, -0.25) is 9.59 Å². The topological polar surface area (TPSA) is 95.3 Å². The van der Waals surface area contributed by atoms with Crippen molar-refractivity contribution in [1.29, 1.82) is 0 Å². The van der Waals surface area contributed by atoms with Crippen LogP contribution in [0.1, 0.15) is 13.8 Å². The summed E-state index contributed by atoms with van der Waals surface area (Å²) in [4.78, 5) is 29.3. The number of pyridine rings is 1. The number of hydrogen-bond acceptors (Lipinski definition) is 6. The van der Waals surface area contributed by atoms with Gasteiger partial charge in [-0.15, -0.1) is 0 Å². The molecule has 1 amide bonds. The average Bonchev–Trinajstić information content (AvgIpc) is 3.16. The molecule has 1 aliphatic rings. The smallest absolute Gasteiger partial charge is 0.267 e. The first-order chi connectivity index (χ1) is 13.4. The number of nitrogens with zero attached hydrogens (tertiary/aromatic N) is 3. The van der Waals surface area contributed by atoms with Crippen molar-refractivity contribution in [3.05, 3.63) is 65.1 Å². The number of nitrogens with one attached hydrogen (secondary N) is 1. The standard InChI is InChI=1S/C20H18N4O4/c1-20(2,19(26)22-17-5-3-4-10-21-17)24-18(25)9-7-14(23-24)13-6-8-15-16(11-13)28-12-27-15/h3-11H,12H2,1-2H3,(H,21,22,26). The van der Waals surface area contributed by atoms with Gasteiger partial charge in [-0.2, -0.15) is 5.10 Å². The first kappa shape index (κ1) is 17.7. The number of fused-ring (bicyclic) bond motifs is 1. The largest absolute Gasteiger partial charge is 0.454 e. The third kappa shape index (κ3) is 3.20. The zero-order valence-electron chi connectivity index (χ0n) is 15.4. The molecule has 3 aromatic rings. The van der Waals surface area contributed by atoms with Crippen molar-refractivity contribution in [1.82, 2.24) is 14.8 Å². The third-order valence-electron chi connectivity index (χ3n) is 4.46. The molecule has 0 fully saturated rings. The van der Waals surface area contributed by atoms with Gasteiger partial charge < -0.3 is 14.8 Å². The van der Waals surface area contributed by atoms with Crippen molar-refractivity contribution in [3.8, 4) is 22.8 Å². The molecule has 28 heavy (non-hydrogen) atoms. The van der Waals surface area contributed by atoms with Crippen LogP contribution in [-0.4, -0.2) is 27.5 Å². The van der Waals surface area contributed by atoms with Gasteiger partial charge in [0.25, 0.3) is 11.5 Å². The molecule has 0 bridgehead atoms. The molecular formula is C20H18N4O4. The molecule has 0 unspecified atom stereocenters. The molecule has 1 aromatic carbocycles. The van der Waals surface area contributed by atoms with Gasteiger partial charge in [0, 0.05) is 17.8 Å². The van der Waals surface area contributed by atoms with E-state index in [-0.39, 0.29) is 12.4 Å². The molecule has 0 saturated carbocycles. The fourth-order valence-electron chi connectivity index (χ4n) is 2.82. The van der Waals surface area contributed by atoms with E-state index >= 15 is 0 Å². The summed E-state index contributed by atoms with van der Waals surface area (Å²) in [7, 11) is 0. The minimum Gasteiger partial charge on any atom is -0.454 e. The summed E-state index contributed by atoms with van der Waals surface area (Å²) in [6, 6.07) is 13.6. The van der Waals surface area contributed by atoms with Crippen LogP contribution in [0.4, 0.5) is 5.82 Å². The Bertz CT molecular complexity index is 1090. The van der Waals surface area contributed by atoms with E-state index in [1.54, 1.807) is 56.4 Å². The van der Waals surface area contributed by atoms with E-state index < -0.39 is 11.4 Å². The zero-order valence-corrected chi connectivity index (χ0v) is 15.4. The van der Waals surface area contributed by atoms with Crippen molar-refractivity contribution >= 4 is 11.7 Å². The summed E-state index contributed by atoms with van der Waals surface area (Å²) in [6.07, 6.45) is 1.58. The number of ether oxygens (including phenoxy) is 2. The molecular weight excluding hydrogens is 360 g/mol. The van der Waals surface area contributed by atoms with Gasteiger partial charge in [0.15, 0.2) is 11.5 Å². The number of benzene rings is 1. The van der Waals surface area contributed by atoms with E-state index in [0.717, 1.165) is 5.56 Å². The Morgan fingerprint density at radius 1 is 1.11 bits per heavy atom. The summed E-state index contributed by atoms with van der Waals surface area (Å²) in [5.74, 6) is 1.28. The molecule has 0 saturated heterocycles. The molecule has 8 nitrogen and oxygen atoms in total. The minimum atomic E-state index is -1.24. The third-order valence-corrected chi connectivity index (χ3v) is 4.46. The Hall–Kier alpha value is -3.68. The van der Waals surface area contributed by atoms with Crippen molar-refractivity contribution < 1.29 is 14.3 Å². The molecule has 3 heterocycles. The lowest BCUT2D eigenvalue weighted by molar-refractivity contribution is -0.123. The quantitative estimate of drug-likeness (QED) is 0.749. The molecule has 0 radical (unpaired) electrons. The predicted molar refractivity (Wildman–Crippen MR) is 102 cm³/mol. The van der Waals surface area contributed by atoms with Crippen LogP contribution in [-0.2, 0) is 10.3 Å². The fourth-order valence-corrected chi connectivity index (χ4v) is 2.82. The second-order valence-corrected chi connectivity index (χ2v) is 6.76. The van der Waals surface area contributed by atoms with Crippen molar-refractivity contribution in [3.63, 3.8) is 0 Å². The van der Waals surface area contributed by atoms with Gasteiger partial charge in [-0.1, -0.05) is 6.07 Å². The summed E-state index contributed by atoms with van der Waals surface area (Å²) in [5, 5.41) is 7.14. The molecule has 0 spiro atoms. The average molecular weight is 378 g/mol. The monoisotopic (exact) mass is 378 g/mol. The highest BCUT2D eigenvalue weighted by molar-refractivity contribution is 5.95. The van der Waals surface area contributed by atoms with Gasteiger partial charge >= 0.3 is 0 Å². The van der Waals surface area contributed by atoms with Crippen LogP contribution in [0.25, 0.3) is 11.3 Å². The first-order valence-corrected chi connectivity index (χ1v) is 8.68. The van der Waals surface area contributed by atoms with E-state index in [4.69, 9.17) is 9.47 Å². The maximum absolute atomic E-state index is 12.8. The highest BCUT2D eigenvalue weighted by Gasteiger charge is 2.32. The summed E-state index contributed by atoms with van der Waals surface area (Å²) in [5.41, 5.74) is -0.331. The van der Waals surface area contributed by atoms with Gasteiger partial charge in [0.1, 0.15) is 11.4 Å². The Balaban J connectivity index is 1.68. The Kier molecular flexibility index (Phi) is 4.31. The minimum absolute atomic E-state index is 0.173. The van der Waals surface area contributed by atoms with Crippen LogP contribution in [0, 0.1) is 0 Å². The molecule has 4 rings (SSSR count). The Morgan fingerprint density at radius 3 is 2.71 bits per heavy atom. The van der Waals surface area contributed by atoms with Crippen LogP contribution >= 0.6 is 0 Å². The van der Waals surface area contributed by atoms with Crippen LogP contribution in [0.5, 0.6) is 11.5 Å². The van der Waals surface area contributed by atoms with Gasteiger partial charge in [0.2, 0.25) is 6.79 Å². The van der Waals surface area contributed by atoms with Crippen molar-refractivity contribution in [2.45, 2.75) is 19.4 Å². The number of anilines is 1. The lowest BCUT2D eigenvalue weighted by Gasteiger charge is -2.25. The van der Waals surface area contributed by atoms with Crippen LogP contribution in [0.3, 0.4) is 0 Å². The normalized spacial score (nSPS) is 12.6. The van der Waals surface area contributed by atoms with E-state index in [2.05, 4.69) is 15.4 Å². The van der Waals surface area contributed by atoms with E-state index in [9.17, 15) is 9.59 Å². The molecule has 1 aliphatic heterocycles. The van der Waals surface area contributed by atoms with Gasteiger partial charge in [-0.05, 0) is 50.2 Å². The molecule has 0 aliphatic carbocycles. The maximum Gasteiger partial charge on any atom is 0.267 e. The Labute approximate surface area is 160 Å². The van der Waals surface area contributed by atoms with Crippen LogP contribution in [0.15, 0.2) is 59.5 Å². The van der Waals surface area contributed by atoms with Crippen molar-refractivity contribution in [2.75, 3.05) is 12.1 Å². The molecule has 142 valence electrons. The summed E-state index contributed by atoms with van der Waals surface area (Å²) >= 11 is 0. The maximum atomic E-state index is 12.8. The van der Waals surface area contributed by atoms with Crippen LogP contribution in [0.2, 0.25) is 0 Å².